The third-order valence-corrected chi connectivity index (χ3v) is 4.09. The molecule has 1 atom stereocenters. The van der Waals surface area contributed by atoms with Gasteiger partial charge in [0.15, 0.2) is 6.61 Å². The quantitative estimate of drug-likeness (QED) is 0.864. The first kappa shape index (κ1) is 15.3. The highest BCUT2D eigenvalue weighted by atomic mass is 16.5. The second-order valence-corrected chi connectivity index (χ2v) is 5.69. The third-order valence-electron chi connectivity index (χ3n) is 4.09. The smallest absolute Gasteiger partial charge is 0.258 e. The van der Waals surface area contributed by atoms with Crippen molar-refractivity contribution in [3.8, 4) is 5.75 Å². The standard InChI is InChI=1S/C19H19NO3/c21-12-14-8-10-16(11-9-14)23-13-19(22)20-18-7-3-5-15-4-1-2-6-17(15)18/h1-2,4,6,8-12,18H,3,5,7,13H2,(H,20,22). The van der Waals surface area contributed by atoms with Crippen LogP contribution in [0.4, 0.5) is 0 Å². The normalized spacial score (nSPS) is 16.3. The molecule has 0 bridgehead atoms. The lowest BCUT2D eigenvalue weighted by atomic mass is 9.88. The highest BCUT2D eigenvalue weighted by molar-refractivity contribution is 5.78. The predicted octanol–water partition coefficient (Wildman–Crippen LogP) is 3.07. The monoisotopic (exact) mass is 309 g/mol. The number of amides is 1. The van der Waals surface area contributed by atoms with Crippen LogP contribution in [0.15, 0.2) is 48.5 Å². The zero-order valence-electron chi connectivity index (χ0n) is 12.8. The molecule has 1 N–H and O–H groups in total. The summed E-state index contributed by atoms with van der Waals surface area (Å²) >= 11 is 0. The molecule has 1 aliphatic rings. The molecule has 1 amide bonds. The fourth-order valence-electron chi connectivity index (χ4n) is 2.93. The molecule has 0 radical (unpaired) electrons. The zero-order valence-corrected chi connectivity index (χ0v) is 12.8. The number of benzene rings is 2. The molecular weight excluding hydrogens is 290 g/mol. The Bertz CT molecular complexity index is 694. The first-order chi connectivity index (χ1) is 11.3. The molecule has 1 unspecified atom stereocenters. The second kappa shape index (κ2) is 7.09. The molecule has 0 aromatic heterocycles. The molecule has 4 nitrogen and oxygen atoms in total. The van der Waals surface area contributed by atoms with Crippen molar-refractivity contribution in [2.45, 2.75) is 25.3 Å². The fourth-order valence-corrected chi connectivity index (χ4v) is 2.93. The SMILES string of the molecule is O=Cc1ccc(OCC(=O)NC2CCCc3ccccc32)cc1. The van der Waals surface area contributed by atoms with Crippen LogP contribution in [-0.2, 0) is 11.2 Å². The number of carbonyl (C=O) groups excluding carboxylic acids is 2. The van der Waals surface area contributed by atoms with E-state index >= 15 is 0 Å². The Morgan fingerprint density at radius 2 is 1.96 bits per heavy atom. The number of nitrogens with one attached hydrogen (secondary N) is 1. The van der Waals surface area contributed by atoms with E-state index in [-0.39, 0.29) is 18.6 Å². The lowest BCUT2D eigenvalue weighted by molar-refractivity contribution is -0.123. The minimum atomic E-state index is -0.133. The van der Waals surface area contributed by atoms with Crippen LogP contribution in [0.3, 0.4) is 0 Å². The number of rotatable bonds is 5. The summed E-state index contributed by atoms with van der Waals surface area (Å²) in [5.74, 6) is 0.445. The number of ether oxygens (including phenoxy) is 1. The minimum Gasteiger partial charge on any atom is -0.484 e. The Balaban J connectivity index is 1.56. The van der Waals surface area contributed by atoms with Crippen molar-refractivity contribution in [3.05, 3.63) is 65.2 Å². The van der Waals surface area contributed by atoms with E-state index in [0.717, 1.165) is 25.5 Å². The van der Waals surface area contributed by atoms with Gasteiger partial charge in [-0.15, -0.1) is 0 Å². The van der Waals surface area contributed by atoms with Gasteiger partial charge in [0.05, 0.1) is 6.04 Å². The van der Waals surface area contributed by atoms with Crippen molar-refractivity contribution in [2.75, 3.05) is 6.61 Å². The third kappa shape index (κ3) is 3.77. The molecular formula is C19H19NO3. The van der Waals surface area contributed by atoms with E-state index < -0.39 is 0 Å². The summed E-state index contributed by atoms with van der Waals surface area (Å²) < 4.78 is 5.47. The molecule has 2 aromatic carbocycles. The summed E-state index contributed by atoms with van der Waals surface area (Å²) in [4.78, 5) is 22.7. The van der Waals surface area contributed by atoms with Crippen LogP contribution in [0.25, 0.3) is 0 Å². The van der Waals surface area contributed by atoms with Crippen molar-refractivity contribution in [3.63, 3.8) is 0 Å². The maximum Gasteiger partial charge on any atom is 0.258 e. The van der Waals surface area contributed by atoms with Gasteiger partial charge in [-0.3, -0.25) is 9.59 Å². The average Bonchev–Trinajstić information content (AvgIpc) is 2.61. The van der Waals surface area contributed by atoms with Crippen molar-refractivity contribution in [1.82, 2.24) is 5.32 Å². The molecule has 0 spiro atoms. The lowest BCUT2D eigenvalue weighted by Gasteiger charge is -2.26. The summed E-state index contributed by atoms with van der Waals surface area (Å²) in [6.45, 7) is -0.0287. The van der Waals surface area contributed by atoms with Crippen LogP contribution in [0.1, 0.15) is 40.4 Å². The number of hydrogen-bond donors (Lipinski definition) is 1. The lowest BCUT2D eigenvalue weighted by Crippen LogP contribution is -2.34. The molecule has 3 rings (SSSR count). The number of carbonyl (C=O) groups is 2. The van der Waals surface area contributed by atoms with Gasteiger partial charge in [0.25, 0.3) is 5.91 Å². The summed E-state index contributed by atoms with van der Waals surface area (Å²) in [5, 5.41) is 3.05. The van der Waals surface area contributed by atoms with E-state index in [1.807, 2.05) is 12.1 Å². The van der Waals surface area contributed by atoms with E-state index in [2.05, 4.69) is 17.4 Å². The maximum atomic E-state index is 12.1. The molecule has 0 saturated carbocycles. The van der Waals surface area contributed by atoms with Gasteiger partial charge < -0.3 is 10.1 Å². The summed E-state index contributed by atoms with van der Waals surface area (Å²) in [7, 11) is 0. The van der Waals surface area contributed by atoms with Gasteiger partial charge in [-0.1, -0.05) is 24.3 Å². The first-order valence-corrected chi connectivity index (χ1v) is 7.81. The van der Waals surface area contributed by atoms with E-state index in [9.17, 15) is 9.59 Å². The van der Waals surface area contributed by atoms with E-state index in [1.54, 1.807) is 24.3 Å². The number of aldehydes is 1. The molecule has 0 heterocycles. The van der Waals surface area contributed by atoms with E-state index in [4.69, 9.17) is 4.74 Å². The van der Waals surface area contributed by atoms with Crippen LogP contribution in [0.2, 0.25) is 0 Å². The van der Waals surface area contributed by atoms with Gasteiger partial charge in [-0.25, -0.2) is 0 Å². The molecule has 0 saturated heterocycles. The average molecular weight is 309 g/mol. The Kier molecular flexibility index (Phi) is 4.71. The molecule has 0 aliphatic heterocycles. The van der Waals surface area contributed by atoms with Crippen LogP contribution in [0, 0.1) is 0 Å². The summed E-state index contributed by atoms with van der Waals surface area (Å²) in [6, 6.07) is 15.0. The first-order valence-electron chi connectivity index (χ1n) is 7.81. The topological polar surface area (TPSA) is 55.4 Å². The molecule has 2 aromatic rings. The Morgan fingerprint density at radius 3 is 2.74 bits per heavy atom. The fraction of sp³-hybridized carbons (Fsp3) is 0.263. The highest BCUT2D eigenvalue weighted by Crippen LogP contribution is 2.29. The van der Waals surface area contributed by atoms with Crippen LogP contribution < -0.4 is 10.1 Å². The molecule has 23 heavy (non-hydrogen) atoms. The van der Waals surface area contributed by atoms with Gasteiger partial charge in [0.1, 0.15) is 12.0 Å². The number of hydrogen-bond acceptors (Lipinski definition) is 3. The molecule has 0 fully saturated rings. The summed E-state index contributed by atoms with van der Waals surface area (Å²) in [5.41, 5.74) is 3.11. The Labute approximate surface area is 135 Å². The second-order valence-electron chi connectivity index (χ2n) is 5.69. The Hall–Kier alpha value is -2.62. The van der Waals surface area contributed by atoms with Crippen LogP contribution >= 0.6 is 0 Å². The van der Waals surface area contributed by atoms with Crippen LogP contribution in [-0.4, -0.2) is 18.8 Å². The molecule has 118 valence electrons. The molecule has 4 heteroatoms. The van der Waals surface area contributed by atoms with Crippen molar-refractivity contribution in [1.29, 1.82) is 0 Å². The van der Waals surface area contributed by atoms with Crippen molar-refractivity contribution >= 4 is 12.2 Å². The van der Waals surface area contributed by atoms with E-state index in [0.29, 0.717) is 11.3 Å². The van der Waals surface area contributed by atoms with Gasteiger partial charge in [0.2, 0.25) is 0 Å². The van der Waals surface area contributed by atoms with Gasteiger partial charge >= 0.3 is 0 Å². The van der Waals surface area contributed by atoms with Crippen molar-refractivity contribution < 1.29 is 14.3 Å². The van der Waals surface area contributed by atoms with Gasteiger partial charge in [-0.2, -0.15) is 0 Å². The predicted molar refractivity (Wildman–Crippen MR) is 87.6 cm³/mol. The zero-order chi connectivity index (χ0) is 16.1. The van der Waals surface area contributed by atoms with E-state index in [1.165, 1.54) is 11.1 Å². The number of aryl methyl sites for hydroxylation is 1. The van der Waals surface area contributed by atoms with Gasteiger partial charge in [-0.05, 0) is 54.7 Å². The van der Waals surface area contributed by atoms with Crippen molar-refractivity contribution in [2.24, 2.45) is 0 Å². The van der Waals surface area contributed by atoms with Crippen LogP contribution in [0.5, 0.6) is 5.75 Å². The van der Waals surface area contributed by atoms with Gasteiger partial charge in [0, 0.05) is 5.56 Å². The molecule has 1 aliphatic carbocycles. The largest absolute Gasteiger partial charge is 0.484 e. The maximum absolute atomic E-state index is 12.1. The Morgan fingerprint density at radius 1 is 1.17 bits per heavy atom. The number of fused-ring (bicyclic) bond motifs is 1. The summed E-state index contributed by atoms with van der Waals surface area (Å²) in [6.07, 6.45) is 3.88. The highest BCUT2D eigenvalue weighted by Gasteiger charge is 2.21. The minimum absolute atomic E-state index is 0.0287.